The van der Waals surface area contributed by atoms with Gasteiger partial charge in [-0.2, -0.15) is 0 Å². The van der Waals surface area contributed by atoms with Crippen molar-refractivity contribution in [3.8, 4) is 5.75 Å². The highest BCUT2D eigenvalue weighted by Crippen LogP contribution is 2.21. The molecule has 0 radical (unpaired) electrons. The molecule has 0 saturated carbocycles. The molecule has 3 rings (SSSR count). The van der Waals surface area contributed by atoms with Crippen LogP contribution < -0.4 is 4.74 Å². The maximum Gasteiger partial charge on any atom is 0.305 e. The second kappa shape index (κ2) is 11.6. The predicted molar refractivity (Wildman–Crippen MR) is 113 cm³/mol. The van der Waals surface area contributed by atoms with Gasteiger partial charge in [0.2, 0.25) is 0 Å². The Balaban J connectivity index is 1.56. The van der Waals surface area contributed by atoms with Gasteiger partial charge >= 0.3 is 5.97 Å². The van der Waals surface area contributed by atoms with E-state index in [-0.39, 0.29) is 19.1 Å². The predicted octanol–water partition coefficient (Wildman–Crippen LogP) is 3.81. The summed E-state index contributed by atoms with van der Waals surface area (Å²) < 4.78 is 12.0. The molecule has 1 N–H and O–H groups in total. The van der Waals surface area contributed by atoms with Crippen molar-refractivity contribution >= 4 is 5.97 Å². The summed E-state index contributed by atoms with van der Waals surface area (Å²) in [5.74, 6) is 0.0498. The van der Waals surface area contributed by atoms with Crippen molar-refractivity contribution in [3.63, 3.8) is 0 Å². The number of rotatable bonds is 12. The van der Waals surface area contributed by atoms with Crippen LogP contribution in [0, 0.1) is 0 Å². The average Bonchev–Trinajstić information content (AvgIpc) is 3.24. The third-order valence-corrected chi connectivity index (χ3v) is 5.25. The molecule has 1 atom stereocenters. The van der Waals surface area contributed by atoms with E-state index in [0.717, 1.165) is 38.2 Å². The molecule has 1 saturated heterocycles. The normalized spacial score (nSPS) is 15.3. The molecule has 0 amide bonds. The number of hydrogen-bond acceptors (Lipinski definition) is 4. The summed E-state index contributed by atoms with van der Waals surface area (Å²) >= 11 is 0. The minimum atomic E-state index is -0.836. The molecule has 1 fully saturated rings. The summed E-state index contributed by atoms with van der Waals surface area (Å²) in [7, 11) is 0. The highest BCUT2D eigenvalue weighted by molar-refractivity contribution is 5.66. The summed E-state index contributed by atoms with van der Waals surface area (Å²) in [6.07, 6.45) is 4.19. The van der Waals surface area contributed by atoms with E-state index >= 15 is 0 Å². The van der Waals surface area contributed by atoms with Crippen LogP contribution in [0.2, 0.25) is 0 Å². The summed E-state index contributed by atoms with van der Waals surface area (Å²) in [4.78, 5) is 13.2. The maximum atomic E-state index is 10.8. The van der Waals surface area contributed by atoms with Gasteiger partial charge in [-0.3, -0.25) is 4.79 Å². The SMILES string of the molecule is O=C(O)CCOC(COc1ccccc1CCc1ccccc1)CN1CCCC1. The first-order chi connectivity index (χ1) is 14.2. The van der Waals surface area contributed by atoms with Gasteiger partial charge in [-0.05, 0) is 56.0 Å². The number of aliphatic carboxylic acids is 1. The number of ether oxygens (including phenoxy) is 2. The molecule has 0 spiro atoms. The van der Waals surface area contributed by atoms with Gasteiger partial charge in [0, 0.05) is 6.54 Å². The van der Waals surface area contributed by atoms with E-state index in [0.29, 0.717) is 6.61 Å². The van der Waals surface area contributed by atoms with Gasteiger partial charge in [-0.1, -0.05) is 48.5 Å². The van der Waals surface area contributed by atoms with Gasteiger partial charge in [0.25, 0.3) is 0 Å². The molecule has 5 heteroatoms. The number of carbonyl (C=O) groups is 1. The number of carboxylic acids is 1. The molecule has 1 aliphatic heterocycles. The minimum Gasteiger partial charge on any atom is -0.491 e. The Bertz CT molecular complexity index is 744. The van der Waals surface area contributed by atoms with Crippen LogP contribution >= 0.6 is 0 Å². The van der Waals surface area contributed by atoms with Crippen LogP contribution in [-0.2, 0) is 22.4 Å². The zero-order valence-electron chi connectivity index (χ0n) is 17.0. The van der Waals surface area contributed by atoms with Crippen molar-refractivity contribution in [2.45, 2.75) is 38.2 Å². The standard InChI is InChI=1S/C24H31NO4/c26-24(27)14-17-28-22(18-25-15-6-7-16-25)19-29-23-11-5-4-10-21(23)13-12-20-8-2-1-3-9-20/h1-5,8-11,22H,6-7,12-19H2,(H,26,27). The zero-order valence-corrected chi connectivity index (χ0v) is 17.0. The molecule has 156 valence electrons. The number of hydrogen-bond donors (Lipinski definition) is 1. The van der Waals surface area contributed by atoms with Crippen LogP contribution in [-0.4, -0.2) is 54.9 Å². The first-order valence-corrected chi connectivity index (χ1v) is 10.5. The molecule has 0 aromatic heterocycles. The molecule has 1 aliphatic rings. The smallest absolute Gasteiger partial charge is 0.305 e. The number of likely N-dealkylation sites (tertiary alicyclic amines) is 1. The molecule has 0 aliphatic carbocycles. The van der Waals surface area contributed by atoms with Crippen molar-refractivity contribution in [2.24, 2.45) is 0 Å². The Morgan fingerprint density at radius 3 is 2.48 bits per heavy atom. The van der Waals surface area contributed by atoms with Crippen LogP contribution in [0.5, 0.6) is 5.75 Å². The second-order valence-electron chi connectivity index (χ2n) is 7.55. The van der Waals surface area contributed by atoms with Gasteiger partial charge in [-0.15, -0.1) is 0 Å². The molecular weight excluding hydrogens is 366 g/mol. The van der Waals surface area contributed by atoms with Crippen LogP contribution in [0.25, 0.3) is 0 Å². The van der Waals surface area contributed by atoms with Crippen molar-refractivity contribution < 1.29 is 19.4 Å². The molecule has 2 aromatic carbocycles. The molecule has 2 aromatic rings. The molecule has 29 heavy (non-hydrogen) atoms. The lowest BCUT2D eigenvalue weighted by Gasteiger charge is -2.24. The summed E-state index contributed by atoms with van der Waals surface area (Å²) in [5, 5.41) is 8.89. The highest BCUT2D eigenvalue weighted by atomic mass is 16.5. The van der Waals surface area contributed by atoms with E-state index < -0.39 is 5.97 Å². The third kappa shape index (κ3) is 7.52. The highest BCUT2D eigenvalue weighted by Gasteiger charge is 2.19. The summed E-state index contributed by atoms with van der Waals surface area (Å²) in [5.41, 5.74) is 2.49. The van der Waals surface area contributed by atoms with Gasteiger partial charge < -0.3 is 19.5 Å². The minimum absolute atomic E-state index is 0.0180. The Morgan fingerprint density at radius 1 is 1.00 bits per heavy atom. The van der Waals surface area contributed by atoms with E-state index in [1.165, 1.54) is 24.0 Å². The van der Waals surface area contributed by atoms with Crippen molar-refractivity contribution in [1.82, 2.24) is 4.90 Å². The van der Waals surface area contributed by atoms with Gasteiger partial charge in [0.1, 0.15) is 18.5 Å². The number of aryl methyl sites for hydroxylation is 2. The molecule has 0 bridgehead atoms. The average molecular weight is 398 g/mol. The summed E-state index contributed by atoms with van der Waals surface area (Å²) in [6, 6.07) is 18.6. The van der Waals surface area contributed by atoms with E-state index in [2.05, 4.69) is 35.2 Å². The zero-order chi connectivity index (χ0) is 20.3. The fourth-order valence-electron chi connectivity index (χ4n) is 3.68. The van der Waals surface area contributed by atoms with E-state index in [1.54, 1.807) is 0 Å². The monoisotopic (exact) mass is 397 g/mol. The van der Waals surface area contributed by atoms with E-state index in [4.69, 9.17) is 14.6 Å². The number of carboxylic acid groups (broad SMARTS) is 1. The molecule has 1 unspecified atom stereocenters. The van der Waals surface area contributed by atoms with Crippen LogP contribution in [0.3, 0.4) is 0 Å². The fourth-order valence-corrected chi connectivity index (χ4v) is 3.68. The topological polar surface area (TPSA) is 59.0 Å². The van der Waals surface area contributed by atoms with Gasteiger partial charge in [0.05, 0.1) is 13.0 Å². The number of para-hydroxylation sites is 1. The lowest BCUT2D eigenvalue weighted by Crippen LogP contribution is -2.36. The lowest BCUT2D eigenvalue weighted by molar-refractivity contribution is -0.139. The van der Waals surface area contributed by atoms with Crippen LogP contribution in [0.15, 0.2) is 54.6 Å². The second-order valence-corrected chi connectivity index (χ2v) is 7.55. The van der Waals surface area contributed by atoms with E-state index in [9.17, 15) is 4.79 Å². The molecular formula is C24H31NO4. The fraction of sp³-hybridized carbons (Fsp3) is 0.458. The van der Waals surface area contributed by atoms with Crippen molar-refractivity contribution in [3.05, 3.63) is 65.7 Å². The Hall–Kier alpha value is -2.37. The first-order valence-electron chi connectivity index (χ1n) is 10.5. The number of benzene rings is 2. The Kier molecular flexibility index (Phi) is 8.53. The van der Waals surface area contributed by atoms with Gasteiger partial charge in [-0.25, -0.2) is 0 Å². The van der Waals surface area contributed by atoms with Crippen molar-refractivity contribution in [1.29, 1.82) is 0 Å². The van der Waals surface area contributed by atoms with Crippen LogP contribution in [0.4, 0.5) is 0 Å². The summed E-state index contributed by atoms with van der Waals surface area (Å²) in [6.45, 7) is 3.58. The first kappa shape index (κ1) is 21.3. The van der Waals surface area contributed by atoms with Crippen molar-refractivity contribution in [2.75, 3.05) is 32.8 Å². The van der Waals surface area contributed by atoms with E-state index in [1.807, 2.05) is 24.3 Å². The number of nitrogens with zero attached hydrogens (tertiary/aromatic N) is 1. The molecule has 5 nitrogen and oxygen atoms in total. The molecule has 1 heterocycles. The quantitative estimate of drug-likeness (QED) is 0.590. The van der Waals surface area contributed by atoms with Crippen LogP contribution in [0.1, 0.15) is 30.4 Å². The Labute approximate surface area is 173 Å². The maximum absolute atomic E-state index is 10.8. The van der Waals surface area contributed by atoms with Gasteiger partial charge in [0.15, 0.2) is 0 Å². The lowest BCUT2D eigenvalue weighted by atomic mass is 10.0. The third-order valence-electron chi connectivity index (χ3n) is 5.25. The largest absolute Gasteiger partial charge is 0.491 e. The Morgan fingerprint density at radius 2 is 1.72 bits per heavy atom.